The van der Waals surface area contributed by atoms with Gasteiger partial charge in [-0.1, -0.05) is 0 Å². The molecule has 0 N–H and O–H groups in total. The summed E-state index contributed by atoms with van der Waals surface area (Å²) < 4.78 is 0. The van der Waals surface area contributed by atoms with E-state index in [2.05, 4.69) is 9.98 Å². The summed E-state index contributed by atoms with van der Waals surface area (Å²) in [7, 11) is 23.6. The number of non-ortho nitro benzene ring substituents is 2. The molecule has 4 rings (SSSR count). The summed E-state index contributed by atoms with van der Waals surface area (Å²) in [5, 5.41) is 24.2. The van der Waals surface area contributed by atoms with Gasteiger partial charge in [0.1, 0.15) is 0 Å². The van der Waals surface area contributed by atoms with Crippen molar-refractivity contribution < 1.29 is 31.4 Å². The first-order valence-electron chi connectivity index (χ1n) is 10.0. The Balaban J connectivity index is 0.000000221. The van der Waals surface area contributed by atoms with Gasteiger partial charge in [0.25, 0.3) is 11.4 Å². The molecule has 2 atom stereocenters. The normalized spacial score (nSPS) is 19.7. The van der Waals surface area contributed by atoms with Crippen molar-refractivity contribution >= 4 is 60.8 Å². The molecule has 2 aliphatic rings. The van der Waals surface area contributed by atoms with Gasteiger partial charge in [-0.15, -0.1) is 10.1 Å². The number of nitro groups is 2. The molecule has 37 heavy (non-hydrogen) atoms. The summed E-state index contributed by atoms with van der Waals surface area (Å²) in [6, 6.07) is 12.6. The number of hydroxylamine groups is 4. The van der Waals surface area contributed by atoms with Crippen molar-refractivity contribution in [2.45, 2.75) is 26.2 Å². The quantitative estimate of drug-likeness (QED) is 0.253. The van der Waals surface area contributed by atoms with Crippen LogP contribution >= 0.6 is 37.7 Å². The molecule has 2 heterocycles. The Kier molecular flexibility index (Phi) is 11.5. The Morgan fingerprint density at radius 2 is 1.00 bits per heavy atom. The molecule has 2 aromatic rings. The zero-order valence-corrected chi connectivity index (χ0v) is 25.0. The van der Waals surface area contributed by atoms with E-state index in [0.717, 1.165) is 11.1 Å². The molecule has 0 aliphatic carbocycles. The van der Waals surface area contributed by atoms with Gasteiger partial charge in [0.15, 0.2) is 12.3 Å². The molecule has 0 aromatic heterocycles. The number of benzene rings is 2. The SMILES string of the molecule is CC1=NC(c2ccc([N+](=O)[O-])cc2)N(C)O1.CC1=NC(c2ccc([N+](=O)[O-])cc2)N(C)O1.[Cl][Pt]([Cl])([Cl])[Cl]. The fourth-order valence-electron chi connectivity index (χ4n) is 3.18. The van der Waals surface area contributed by atoms with Crippen molar-refractivity contribution in [2.75, 3.05) is 14.1 Å². The molecular weight excluding hydrogens is 757 g/mol. The first-order chi connectivity index (χ1) is 17.2. The third-order valence-electron chi connectivity index (χ3n) is 4.65. The zero-order valence-electron chi connectivity index (χ0n) is 19.7. The molecule has 2 unspecified atom stereocenters. The Morgan fingerprint density at radius 1 is 0.730 bits per heavy atom. The number of hydrogen-bond acceptors (Lipinski definition) is 10. The van der Waals surface area contributed by atoms with Crippen LogP contribution in [-0.4, -0.2) is 45.9 Å². The third kappa shape index (κ3) is 10.3. The molecule has 0 saturated carbocycles. The van der Waals surface area contributed by atoms with E-state index < -0.39 is 21.7 Å². The van der Waals surface area contributed by atoms with E-state index in [1.54, 1.807) is 62.3 Å². The number of rotatable bonds is 4. The maximum atomic E-state index is 10.5. The standard InChI is InChI=1S/2C10H11N3O3.4ClH.Pt/c2*1-7-11-10(12(2)16-7)8-3-5-9(6-4-8)13(14)15;;;;;/h2*3-6,10H,1-2H3;4*1H;/q;;;;;;+4/p-4. The summed E-state index contributed by atoms with van der Waals surface area (Å²) >= 11 is -3.06. The summed E-state index contributed by atoms with van der Waals surface area (Å²) in [6.45, 7) is 3.53. The Labute approximate surface area is 231 Å². The van der Waals surface area contributed by atoms with Gasteiger partial charge < -0.3 is 9.68 Å². The Bertz CT molecular complexity index is 1070. The second kappa shape index (κ2) is 13.7. The van der Waals surface area contributed by atoms with Gasteiger partial charge in [0.05, 0.1) is 9.85 Å². The third-order valence-corrected chi connectivity index (χ3v) is 4.65. The van der Waals surface area contributed by atoms with Crippen LogP contribution < -0.4 is 0 Å². The number of aliphatic imine (C=N–C) groups is 2. The summed E-state index contributed by atoms with van der Waals surface area (Å²) in [5.74, 6) is 1.18. The fourth-order valence-corrected chi connectivity index (χ4v) is 3.18. The van der Waals surface area contributed by atoms with E-state index in [-0.39, 0.29) is 23.7 Å². The molecule has 206 valence electrons. The van der Waals surface area contributed by atoms with Crippen LogP contribution in [-0.2, 0) is 21.6 Å². The van der Waals surface area contributed by atoms with Crippen molar-refractivity contribution in [3.05, 3.63) is 79.9 Å². The fraction of sp³-hybridized carbons (Fsp3) is 0.300. The van der Waals surface area contributed by atoms with Gasteiger partial charge in [-0.2, -0.15) is 0 Å². The first-order valence-corrected chi connectivity index (χ1v) is 21.3. The molecule has 0 bridgehead atoms. The average molecular weight is 779 g/mol. The van der Waals surface area contributed by atoms with E-state index in [1.165, 1.54) is 24.3 Å². The van der Waals surface area contributed by atoms with Gasteiger partial charge in [-0.25, -0.2) is 9.98 Å². The number of halogens is 4. The molecular formula is C20H22Cl4N6O6Pt. The molecule has 0 fully saturated rings. The second-order valence-corrected chi connectivity index (χ2v) is 27.0. The predicted molar refractivity (Wildman–Crippen MR) is 139 cm³/mol. The van der Waals surface area contributed by atoms with Crippen LogP contribution in [0.25, 0.3) is 0 Å². The average Bonchev–Trinajstić information content (AvgIpc) is 3.32. The Morgan fingerprint density at radius 3 is 1.19 bits per heavy atom. The molecule has 2 aromatic carbocycles. The minimum atomic E-state index is -3.06. The van der Waals surface area contributed by atoms with Crippen LogP contribution in [0.1, 0.15) is 37.3 Å². The van der Waals surface area contributed by atoms with Crippen molar-refractivity contribution in [1.29, 1.82) is 0 Å². The molecule has 0 radical (unpaired) electrons. The van der Waals surface area contributed by atoms with Gasteiger partial charge in [-0.3, -0.25) is 20.2 Å². The minimum absolute atomic E-state index is 0.0750. The number of hydrogen-bond donors (Lipinski definition) is 0. The second-order valence-electron chi connectivity index (χ2n) is 7.29. The monoisotopic (exact) mass is 777 g/mol. The molecule has 0 saturated heterocycles. The number of nitro benzene ring substituents is 2. The number of nitrogens with zero attached hydrogens (tertiary/aromatic N) is 6. The van der Waals surface area contributed by atoms with E-state index in [9.17, 15) is 20.2 Å². The van der Waals surface area contributed by atoms with Gasteiger partial charge >= 0.3 is 49.6 Å². The summed E-state index contributed by atoms with van der Waals surface area (Å²) in [5.41, 5.74) is 1.88. The maximum absolute atomic E-state index is 10.5. The van der Waals surface area contributed by atoms with Crippen LogP contribution in [0.15, 0.2) is 58.5 Å². The van der Waals surface area contributed by atoms with E-state index in [4.69, 9.17) is 47.3 Å². The van der Waals surface area contributed by atoms with Gasteiger partial charge in [-0.05, 0) is 35.4 Å². The van der Waals surface area contributed by atoms with E-state index in [1.807, 2.05) is 0 Å². The van der Waals surface area contributed by atoms with E-state index >= 15 is 0 Å². The van der Waals surface area contributed by atoms with Crippen LogP contribution in [0.3, 0.4) is 0 Å². The van der Waals surface area contributed by atoms with Crippen molar-refractivity contribution in [3.63, 3.8) is 0 Å². The first kappa shape index (κ1) is 31.2. The molecule has 0 spiro atoms. The van der Waals surface area contributed by atoms with Crippen molar-refractivity contribution in [1.82, 2.24) is 10.1 Å². The van der Waals surface area contributed by atoms with Crippen LogP contribution in [0.4, 0.5) is 11.4 Å². The molecule has 0 amide bonds. The van der Waals surface area contributed by atoms with Crippen LogP contribution in [0, 0.1) is 20.2 Å². The Hall–Kier alpha value is -2.05. The molecule has 12 nitrogen and oxygen atoms in total. The van der Waals surface area contributed by atoms with Crippen molar-refractivity contribution in [2.24, 2.45) is 9.98 Å². The van der Waals surface area contributed by atoms with Crippen molar-refractivity contribution in [3.8, 4) is 0 Å². The van der Waals surface area contributed by atoms with Gasteiger partial charge in [0.2, 0.25) is 11.8 Å². The van der Waals surface area contributed by atoms with Crippen LogP contribution in [0.2, 0.25) is 0 Å². The van der Waals surface area contributed by atoms with Crippen LogP contribution in [0.5, 0.6) is 0 Å². The predicted octanol–water partition coefficient (Wildman–Crippen LogP) is 6.53. The van der Waals surface area contributed by atoms with E-state index in [0.29, 0.717) is 11.8 Å². The van der Waals surface area contributed by atoms with Gasteiger partial charge in [0, 0.05) is 52.2 Å². The topological polar surface area (TPSA) is 136 Å². The molecule has 2 aliphatic heterocycles. The molecule has 17 heteroatoms. The zero-order chi connectivity index (χ0) is 27.9. The summed E-state index contributed by atoms with van der Waals surface area (Å²) in [6.07, 6.45) is -0.443. The summed E-state index contributed by atoms with van der Waals surface area (Å²) in [4.78, 5) is 39.2.